The average Bonchev–Trinajstić information content (AvgIpc) is 2.55. The van der Waals surface area contributed by atoms with E-state index in [4.69, 9.17) is 0 Å². The number of anilines is 1. The SMILES string of the molecule is CC(C)c1ccccc1NC(=O)[C@H](C)NC(=O)c1ccccc1. The molecule has 0 aliphatic carbocycles. The second kappa shape index (κ2) is 7.58. The van der Waals surface area contributed by atoms with E-state index in [1.54, 1.807) is 31.2 Å². The number of carbonyl (C=O) groups is 2. The fourth-order valence-corrected chi connectivity index (χ4v) is 2.29. The summed E-state index contributed by atoms with van der Waals surface area (Å²) < 4.78 is 0. The van der Waals surface area contributed by atoms with Gasteiger partial charge in [0.25, 0.3) is 5.91 Å². The number of rotatable bonds is 5. The molecule has 2 N–H and O–H groups in total. The van der Waals surface area contributed by atoms with Gasteiger partial charge in [0, 0.05) is 11.3 Å². The Kier molecular flexibility index (Phi) is 5.52. The van der Waals surface area contributed by atoms with Gasteiger partial charge in [0.05, 0.1) is 0 Å². The largest absolute Gasteiger partial charge is 0.341 e. The summed E-state index contributed by atoms with van der Waals surface area (Å²) >= 11 is 0. The summed E-state index contributed by atoms with van der Waals surface area (Å²) in [4.78, 5) is 24.4. The zero-order valence-corrected chi connectivity index (χ0v) is 13.7. The Morgan fingerprint density at radius 1 is 0.870 bits per heavy atom. The summed E-state index contributed by atoms with van der Waals surface area (Å²) in [7, 11) is 0. The number of benzene rings is 2. The smallest absolute Gasteiger partial charge is 0.251 e. The van der Waals surface area contributed by atoms with Crippen LogP contribution in [0.5, 0.6) is 0 Å². The molecule has 2 aromatic rings. The van der Waals surface area contributed by atoms with Gasteiger partial charge in [0.15, 0.2) is 0 Å². The first kappa shape index (κ1) is 16.7. The number of hydrogen-bond acceptors (Lipinski definition) is 2. The van der Waals surface area contributed by atoms with Gasteiger partial charge >= 0.3 is 0 Å². The molecule has 4 heteroatoms. The Labute approximate surface area is 136 Å². The molecule has 0 heterocycles. The Morgan fingerprint density at radius 2 is 1.48 bits per heavy atom. The van der Waals surface area contributed by atoms with Crippen LogP contribution < -0.4 is 10.6 Å². The lowest BCUT2D eigenvalue weighted by Crippen LogP contribution is -2.41. The molecule has 0 spiro atoms. The fourth-order valence-electron chi connectivity index (χ4n) is 2.29. The second-order valence-electron chi connectivity index (χ2n) is 5.79. The zero-order chi connectivity index (χ0) is 16.8. The number of amides is 2. The molecule has 1 atom stereocenters. The molecule has 0 aliphatic rings. The first-order valence-corrected chi connectivity index (χ1v) is 7.74. The second-order valence-corrected chi connectivity index (χ2v) is 5.79. The van der Waals surface area contributed by atoms with Crippen molar-refractivity contribution >= 4 is 17.5 Å². The topological polar surface area (TPSA) is 58.2 Å². The van der Waals surface area contributed by atoms with Crippen LogP contribution in [0.4, 0.5) is 5.69 Å². The van der Waals surface area contributed by atoms with Crippen LogP contribution >= 0.6 is 0 Å². The molecule has 2 aromatic carbocycles. The number of hydrogen-bond donors (Lipinski definition) is 2. The van der Waals surface area contributed by atoms with Crippen LogP contribution in [0, 0.1) is 0 Å². The van der Waals surface area contributed by atoms with Crippen molar-refractivity contribution in [1.82, 2.24) is 5.32 Å². The molecule has 0 radical (unpaired) electrons. The minimum Gasteiger partial charge on any atom is -0.341 e. The summed E-state index contributed by atoms with van der Waals surface area (Å²) in [6.07, 6.45) is 0. The van der Waals surface area contributed by atoms with Gasteiger partial charge in [-0.25, -0.2) is 0 Å². The minimum atomic E-state index is -0.622. The van der Waals surface area contributed by atoms with Crippen LogP contribution in [0.25, 0.3) is 0 Å². The predicted octanol–water partition coefficient (Wildman–Crippen LogP) is 3.57. The van der Waals surface area contributed by atoms with E-state index in [9.17, 15) is 9.59 Å². The fraction of sp³-hybridized carbons (Fsp3) is 0.263. The van der Waals surface area contributed by atoms with Crippen LogP contribution in [-0.4, -0.2) is 17.9 Å². The minimum absolute atomic E-state index is 0.234. The summed E-state index contributed by atoms with van der Waals surface area (Å²) in [6, 6.07) is 15.9. The van der Waals surface area contributed by atoms with Gasteiger partial charge in [-0.15, -0.1) is 0 Å². The van der Waals surface area contributed by atoms with E-state index in [-0.39, 0.29) is 11.8 Å². The molecule has 0 saturated heterocycles. The van der Waals surface area contributed by atoms with Crippen LogP contribution in [0.15, 0.2) is 54.6 Å². The van der Waals surface area contributed by atoms with Crippen LogP contribution in [0.1, 0.15) is 42.6 Å². The van der Waals surface area contributed by atoms with Crippen LogP contribution in [0.3, 0.4) is 0 Å². The van der Waals surface area contributed by atoms with Gasteiger partial charge in [-0.3, -0.25) is 9.59 Å². The summed E-state index contributed by atoms with van der Waals surface area (Å²) in [5.41, 5.74) is 2.39. The van der Waals surface area contributed by atoms with Gasteiger partial charge in [-0.05, 0) is 36.6 Å². The zero-order valence-electron chi connectivity index (χ0n) is 13.7. The molecule has 0 unspecified atom stereocenters. The average molecular weight is 310 g/mol. The van der Waals surface area contributed by atoms with Crippen molar-refractivity contribution in [2.75, 3.05) is 5.32 Å². The van der Waals surface area contributed by atoms with Crippen LogP contribution in [0.2, 0.25) is 0 Å². The van der Waals surface area contributed by atoms with Crippen molar-refractivity contribution in [3.8, 4) is 0 Å². The molecular weight excluding hydrogens is 288 g/mol. The summed E-state index contributed by atoms with van der Waals surface area (Å²) in [5, 5.41) is 5.61. The molecule has 0 bridgehead atoms. The van der Waals surface area contributed by atoms with E-state index < -0.39 is 6.04 Å². The normalized spacial score (nSPS) is 11.8. The van der Waals surface area contributed by atoms with E-state index in [0.29, 0.717) is 11.5 Å². The van der Waals surface area contributed by atoms with Gasteiger partial charge in [0.2, 0.25) is 5.91 Å². The molecule has 2 rings (SSSR count). The monoisotopic (exact) mass is 310 g/mol. The Bertz CT molecular complexity index is 681. The Hall–Kier alpha value is -2.62. The first-order chi connectivity index (χ1) is 11.0. The summed E-state index contributed by atoms with van der Waals surface area (Å²) in [6.45, 7) is 5.82. The van der Waals surface area contributed by atoms with Crippen molar-refractivity contribution in [3.05, 3.63) is 65.7 Å². The maximum absolute atomic E-state index is 12.3. The highest BCUT2D eigenvalue weighted by atomic mass is 16.2. The highest BCUT2D eigenvalue weighted by Gasteiger charge is 2.18. The molecule has 0 saturated carbocycles. The molecule has 0 fully saturated rings. The molecule has 0 aliphatic heterocycles. The van der Waals surface area contributed by atoms with Crippen molar-refractivity contribution in [3.63, 3.8) is 0 Å². The van der Waals surface area contributed by atoms with E-state index in [1.165, 1.54) is 0 Å². The van der Waals surface area contributed by atoms with E-state index in [1.807, 2.05) is 30.3 Å². The standard InChI is InChI=1S/C19H22N2O2/c1-13(2)16-11-7-8-12-17(16)21-18(22)14(3)20-19(23)15-9-5-4-6-10-15/h4-14H,1-3H3,(H,20,23)(H,21,22)/t14-/m0/s1. The van der Waals surface area contributed by atoms with E-state index in [2.05, 4.69) is 24.5 Å². The highest BCUT2D eigenvalue weighted by Crippen LogP contribution is 2.23. The Morgan fingerprint density at radius 3 is 2.13 bits per heavy atom. The predicted molar refractivity (Wildman–Crippen MR) is 92.5 cm³/mol. The van der Waals surface area contributed by atoms with E-state index in [0.717, 1.165) is 11.3 Å². The molecule has 2 amide bonds. The lowest BCUT2D eigenvalue weighted by atomic mass is 10.0. The van der Waals surface area contributed by atoms with Crippen molar-refractivity contribution < 1.29 is 9.59 Å². The number of nitrogens with one attached hydrogen (secondary N) is 2. The van der Waals surface area contributed by atoms with Gasteiger partial charge in [-0.1, -0.05) is 50.2 Å². The number of para-hydroxylation sites is 1. The lowest BCUT2D eigenvalue weighted by molar-refractivity contribution is -0.117. The molecule has 23 heavy (non-hydrogen) atoms. The maximum Gasteiger partial charge on any atom is 0.251 e. The van der Waals surface area contributed by atoms with Crippen molar-refractivity contribution in [1.29, 1.82) is 0 Å². The first-order valence-electron chi connectivity index (χ1n) is 7.74. The third-order valence-corrected chi connectivity index (χ3v) is 3.62. The van der Waals surface area contributed by atoms with E-state index >= 15 is 0 Å². The Balaban J connectivity index is 2.02. The third kappa shape index (κ3) is 4.42. The van der Waals surface area contributed by atoms with Crippen LogP contribution in [-0.2, 0) is 4.79 Å². The van der Waals surface area contributed by atoms with Gasteiger partial charge in [0.1, 0.15) is 6.04 Å². The van der Waals surface area contributed by atoms with Gasteiger partial charge in [-0.2, -0.15) is 0 Å². The molecule has 4 nitrogen and oxygen atoms in total. The summed E-state index contributed by atoms with van der Waals surface area (Å²) in [5.74, 6) is -0.187. The lowest BCUT2D eigenvalue weighted by Gasteiger charge is -2.17. The van der Waals surface area contributed by atoms with Gasteiger partial charge < -0.3 is 10.6 Å². The number of carbonyl (C=O) groups excluding carboxylic acids is 2. The highest BCUT2D eigenvalue weighted by molar-refractivity contribution is 6.01. The third-order valence-electron chi connectivity index (χ3n) is 3.62. The van der Waals surface area contributed by atoms with Crippen molar-refractivity contribution in [2.24, 2.45) is 0 Å². The molecular formula is C19H22N2O2. The molecule has 0 aromatic heterocycles. The molecule has 120 valence electrons. The van der Waals surface area contributed by atoms with Crippen molar-refractivity contribution in [2.45, 2.75) is 32.7 Å². The quantitative estimate of drug-likeness (QED) is 0.887. The maximum atomic E-state index is 12.3.